The van der Waals surface area contributed by atoms with E-state index in [0.29, 0.717) is 5.56 Å². The molecule has 0 aliphatic heterocycles. The fourth-order valence-corrected chi connectivity index (χ4v) is 4.25. The third-order valence-corrected chi connectivity index (χ3v) is 5.91. The molecule has 0 radical (unpaired) electrons. The molecule has 5 nitrogen and oxygen atoms in total. The van der Waals surface area contributed by atoms with Gasteiger partial charge in [-0.3, -0.25) is 0 Å². The van der Waals surface area contributed by atoms with Gasteiger partial charge in [0.05, 0.1) is 5.56 Å². The van der Waals surface area contributed by atoms with Gasteiger partial charge >= 0.3 is 18.2 Å². The number of carboxylic acids is 1. The van der Waals surface area contributed by atoms with Gasteiger partial charge in [0.15, 0.2) is 0 Å². The second-order valence-electron chi connectivity index (χ2n) is 8.10. The second kappa shape index (κ2) is 9.59. The Kier molecular flexibility index (Phi) is 6.58. The second-order valence-corrected chi connectivity index (χ2v) is 8.10. The van der Waals surface area contributed by atoms with Crippen LogP contribution in [0.3, 0.4) is 0 Å². The van der Waals surface area contributed by atoms with Crippen LogP contribution in [0.15, 0.2) is 72.8 Å². The minimum atomic E-state index is -4.48. The highest BCUT2D eigenvalue weighted by atomic mass is 19.4. The van der Waals surface area contributed by atoms with E-state index in [1.54, 1.807) is 0 Å². The van der Waals surface area contributed by atoms with Crippen molar-refractivity contribution in [3.8, 4) is 11.1 Å². The molecule has 0 saturated carbocycles. The summed E-state index contributed by atoms with van der Waals surface area (Å²) in [6.07, 6.45) is -5.41. The Labute approximate surface area is 194 Å². The zero-order chi connectivity index (χ0) is 24.3. The number of halogens is 3. The van der Waals surface area contributed by atoms with Crippen molar-refractivity contribution < 1.29 is 32.6 Å². The number of ether oxygens (including phenoxy) is 1. The lowest BCUT2D eigenvalue weighted by Gasteiger charge is -2.17. The first kappa shape index (κ1) is 23.4. The number of nitrogens with one attached hydrogen (secondary N) is 1. The molecule has 0 heterocycles. The SMILES string of the molecule is O=C(NC(CCc1cccc(C(F)(F)F)c1)C(=O)O)OCC1c2ccccc2-c2ccccc21. The number of amides is 1. The van der Waals surface area contributed by atoms with Gasteiger partial charge in [-0.05, 0) is 46.7 Å². The van der Waals surface area contributed by atoms with Gasteiger partial charge in [0, 0.05) is 5.92 Å². The van der Waals surface area contributed by atoms with Crippen LogP contribution >= 0.6 is 0 Å². The minimum Gasteiger partial charge on any atom is -0.480 e. The van der Waals surface area contributed by atoms with Gasteiger partial charge in [-0.25, -0.2) is 9.59 Å². The molecular weight excluding hydrogens is 447 g/mol. The first-order chi connectivity index (χ1) is 16.2. The maximum absolute atomic E-state index is 12.9. The summed E-state index contributed by atoms with van der Waals surface area (Å²) in [6, 6.07) is 19.0. The number of carbonyl (C=O) groups excluding carboxylic acids is 1. The Morgan fingerprint density at radius 2 is 1.56 bits per heavy atom. The number of fused-ring (bicyclic) bond motifs is 3. The number of benzene rings is 3. The molecule has 0 saturated heterocycles. The number of carbonyl (C=O) groups is 2. The Morgan fingerprint density at radius 3 is 2.15 bits per heavy atom. The van der Waals surface area contributed by atoms with E-state index in [-0.39, 0.29) is 25.4 Å². The van der Waals surface area contributed by atoms with Crippen LogP contribution in [0.4, 0.5) is 18.0 Å². The van der Waals surface area contributed by atoms with E-state index in [2.05, 4.69) is 5.32 Å². The van der Waals surface area contributed by atoms with E-state index >= 15 is 0 Å². The Morgan fingerprint density at radius 1 is 0.941 bits per heavy atom. The van der Waals surface area contributed by atoms with Crippen molar-refractivity contribution in [1.29, 1.82) is 0 Å². The van der Waals surface area contributed by atoms with Crippen molar-refractivity contribution in [2.45, 2.75) is 31.0 Å². The van der Waals surface area contributed by atoms with Crippen molar-refractivity contribution in [1.82, 2.24) is 5.32 Å². The van der Waals surface area contributed by atoms with Crippen LogP contribution in [0.25, 0.3) is 11.1 Å². The molecule has 0 spiro atoms. The van der Waals surface area contributed by atoms with Gasteiger partial charge in [0.25, 0.3) is 0 Å². The number of carboxylic acid groups (broad SMARTS) is 1. The Balaban J connectivity index is 1.38. The fourth-order valence-electron chi connectivity index (χ4n) is 4.25. The quantitative estimate of drug-likeness (QED) is 0.470. The average molecular weight is 469 g/mol. The lowest BCUT2D eigenvalue weighted by Crippen LogP contribution is -2.41. The van der Waals surface area contributed by atoms with Crippen molar-refractivity contribution in [3.05, 3.63) is 95.1 Å². The molecule has 34 heavy (non-hydrogen) atoms. The molecule has 3 aromatic carbocycles. The summed E-state index contributed by atoms with van der Waals surface area (Å²) in [4.78, 5) is 24.0. The molecule has 0 bridgehead atoms. The summed E-state index contributed by atoms with van der Waals surface area (Å²) in [5.41, 5.74) is 3.71. The number of rotatable bonds is 7. The van der Waals surface area contributed by atoms with Crippen LogP contribution in [0.1, 0.15) is 34.6 Å². The molecule has 1 aliphatic rings. The van der Waals surface area contributed by atoms with Gasteiger partial charge in [-0.2, -0.15) is 13.2 Å². The molecule has 176 valence electrons. The highest BCUT2D eigenvalue weighted by molar-refractivity contribution is 5.81. The van der Waals surface area contributed by atoms with Crippen LogP contribution in [-0.2, 0) is 22.1 Å². The van der Waals surface area contributed by atoms with Gasteiger partial charge in [0.1, 0.15) is 12.6 Å². The van der Waals surface area contributed by atoms with Crippen LogP contribution in [0.5, 0.6) is 0 Å². The van der Waals surface area contributed by atoms with Crippen LogP contribution < -0.4 is 5.32 Å². The summed E-state index contributed by atoms with van der Waals surface area (Å²) in [7, 11) is 0. The van der Waals surface area contributed by atoms with Gasteiger partial charge < -0.3 is 15.2 Å². The highest BCUT2D eigenvalue weighted by Gasteiger charge is 2.31. The summed E-state index contributed by atoms with van der Waals surface area (Å²) >= 11 is 0. The summed E-state index contributed by atoms with van der Waals surface area (Å²) in [6.45, 7) is 0.0276. The smallest absolute Gasteiger partial charge is 0.416 e. The van der Waals surface area contributed by atoms with E-state index < -0.39 is 29.8 Å². The van der Waals surface area contributed by atoms with E-state index in [4.69, 9.17) is 4.74 Å². The third kappa shape index (κ3) is 5.06. The highest BCUT2D eigenvalue weighted by Crippen LogP contribution is 2.44. The van der Waals surface area contributed by atoms with Crippen molar-refractivity contribution >= 4 is 12.1 Å². The molecule has 1 aliphatic carbocycles. The summed E-state index contributed by atoms with van der Waals surface area (Å²) in [5.74, 6) is -1.47. The minimum absolute atomic E-state index is 0.0276. The molecule has 8 heteroatoms. The first-order valence-electron chi connectivity index (χ1n) is 10.7. The summed E-state index contributed by atoms with van der Waals surface area (Å²) < 4.78 is 44.1. The molecule has 1 unspecified atom stereocenters. The molecule has 1 amide bonds. The maximum Gasteiger partial charge on any atom is 0.416 e. The normalized spacial score (nSPS) is 13.6. The fraction of sp³-hybridized carbons (Fsp3) is 0.231. The van der Waals surface area contributed by atoms with Crippen LogP contribution in [0.2, 0.25) is 0 Å². The molecule has 0 fully saturated rings. The monoisotopic (exact) mass is 469 g/mol. The topological polar surface area (TPSA) is 75.6 Å². The lowest BCUT2D eigenvalue weighted by atomic mass is 9.98. The Hall–Kier alpha value is -3.81. The number of aryl methyl sites for hydroxylation is 1. The number of hydrogen-bond acceptors (Lipinski definition) is 3. The largest absolute Gasteiger partial charge is 0.480 e. The van der Waals surface area contributed by atoms with Gasteiger partial charge in [-0.1, -0.05) is 66.7 Å². The predicted octanol–water partition coefficient (Wildman–Crippen LogP) is 5.63. The number of alkyl carbamates (subject to hydrolysis) is 1. The molecule has 4 rings (SSSR count). The number of aliphatic carboxylic acids is 1. The van der Waals surface area contributed by atoms with Crippen molar-refractivity contribution in [2.24, 2.45) is 0 Å². The van der Waals surface area contributed by atoms with Crippen LogP contribution in [-0.4, -0.2) is 29.8 Å². The molecule has 1 atom stereocenters. The van der Waals surface area contributed by atoms with Crippen molar-refractivity contribution in [3.63, 3.8) is 0 Å². The van der Waals surface area contributed by atoms with Crippen molar-refractivity contribution in [2.75, 3.05) is 6.61 Å². The lowest BCUT2D eigenvalue weighted by molar-refractivity contribution is -0.140. The van der Waals surface area contributed by atoms with E-state index in [1.807, 2.05) is 48.5 Å². The van der Waals surface area contributed by atoms with E-state index in [9.17, 15) is 27.9 Å². The molecule has 3 aromatic rings. The summed E-state index contributed by atoms with van der Waals surface area (Å²) in [5, 5.41) is 11.8. The molecular formula is C26H22F3NO4. The first-order valence-corrected chi connectivity index (χ1v) is 10.7. The number of hydrogen-bond donors (Lipinski definition) is 2. The van der Waals surface area contributed by atoms with Crippen LogP contribution in [0, 0.1) is 0 Å². The Bertz CT molecular complexity index is 1160. The average Bonchev–Trinajstić information content (AvgIpc) is 3.13. The number of alkyl halides is 3. The van der Waals surface area contributed by atoms with E-state index in [1.165, 1.54) is 12.1 Å². The zero-order valence-electron chi connectivity index (χ0n) is 18.0. The maximum atomic E-state index is 12.9. The zero-order valence-corrected chi connectivity index (χ0v) is 18.0. The predicted molar refractivity (Wildman–Crippen MR) is 119 cm³/mol. The van der Waals surface area contributed by atoms with Gasteiger partial charge in [0.2, 0.25) is 0 Å². The molecule has 2 N–H and O–H groups in total. The van der Waals surface area contributed by atoms with E-state index in [0.717, 1.165) is 34.4 Å². The van der Waals surface area contributed by atoms with Gasteiger partial charge in [-0.15, -0.1) is 0 Å². The molecule has 0 aromatic heterocycles. The third-order valence-electron chi connectivity index (χ3n) is 5.91. The standard InChI is InChI=1S/C26H22F3NO4/c27-26(28,29)17-7-5-6-16(14-17)12-13-23(24(31)32)30-25(33)34-15-22-20-10-3-1-8-18(20)19-9-2-4-11-21(19)22/h1-11,14,22-23H,12-13,15H2,(H,30,33)(H,31,32).